The molecule has 1 aromatic rings. The zero-order chi connectivity index (χ0) is 33.3. The Balaban J connectivity index is 0.000000523. The predicted molar refractivity (Wildman–Crippen MR) is 150 cm³/mol. The van der Waals surface area contributed by atoms with E-state index in [0.717, 1.165) is 33.7 Å². The van der Waals surface area contributed by atoms with Crippen molar-refractivity contribution in [3.8, 4) is 0 Å². The topological polar surface area (TPSA) is 121 Å². The quantitative estimate of drug-likeness (QED) is 0.154. The molecule has 1 saturated heterocycles. The van der Waals surface area contributed by atoms with E-state index in [9.17, 15) is 48.0 Å². The van der Waals surface area contributed by atoms with Gasteiger partial charge in [-0.25, -0.2) is 21.6 Å². The maximum atomic E-state index is 12.2. The third kappa shape index (κ3) is 12.6. The minimum atomic E-state index is -6.72. The lowest BCUT2D eigenvalue weighted by atomic mass is 9.92. The Morgan fingerprint density at radius 2 is 1.47 bits per heavy atom. The number of hydrogen-bond donors (Lipinski definition) is 1. The molecule has 1 aliphatic heterocycles. The number of nitrogens with one attached hydrogen (secondary N) is 1. The lowest BCUT2D eigenvalue weighted by molar-refractivity contribution is -0.897. The number of likely N-dealkylation sites (tertiary alicyclic amines) is 1. The number of nitrogens with zero attached hydrogens (tertiary/aromatic N) is 2. The number of quaternary nitrogens is 1. The normalized spacial score (nSPS) is 15.8. The second-order valence-corrected chi connectivity index (χ2v) is 14.5. The summed E-state index contributed by atoms with van der Waals surface area (Å²) in [5.74, 6) is 0. The Morgan fingerprint density at radius 3 is 1.95 bits per heavy atom. The van der Waals surface area contributed by atoms with E-state index >= 15 is 0 Å². The molecular formula is C26H39F6N3O6S2. The van der Waals surface area contributed by atoms with Crippen molar-refractivity contribution >= 4 is 31.7 Å². The molecule has 0 aliphatic carbocycles. The average Bonchev–Trinajstić information content (AvgIpc) is 3.28. The van der Waals surface area contributed by atoms with Gasteiger partial charge in [-0.1, -0.05) is 30.4 Å². The fourth-order valence-electron chi connectivity index (χ4n) is 4.19. The van der Waals surface area contributed by atoms with Gasteiger partial charge in [0.2, 0.25) is 0 Å². The Kier molecular flexibility index (Phi) is 13.6. The highest BCUT2D eigenvalue weighted by Crippen LogP contribution is 2.36. The Labute approximate surface area is 249 Å². The van der Waals surface area contributed by atoms with Crippen molar-refractivity contribution in [3.05, 3.63) is 46.1 Å². The van der Waals surface area contributed by atoms with Gasteiger partial charge >= 0.3 is 17.1 Å². The fourth-order valence-corrected chi connectivity index (χ4v) is 5.90. The standard InChI is InChI=1S/C24H38N2O2.C2F6NO4S2/c1-20(2)21-13-12-14-22(19-21)24(3,4)25-23(27)28-18-11-7-6-8-15-26(5)16-9-10-17-26;3-1(4,5)14(10,11)9-15(12,13)2(6,7)8/h12-14,19H,1,6-11,15-18H2,2-5H3;/q;-1/p+1. The van der Waals surface area contributed by atoms with Crippen molar-refractivity contribution in [1.29, 1.82) is 0 Å². The van der Waals surface area contributed by atoms with E-state index in [0.29, 0.717) is 6.61 Å². The van der Waals surface area contributed by atoms with E-state index in [2.05, 4.69) is 25.0 Å². The molecule has 0 atom stereocenters. The van der Waals surface area contributed by atoms with E-state index < -0.39 is 36.6 Å². The molecule has 0 unspecified atom stereocenters. The van der Waals surface area contributed by atoms with Crippen molar-refractivity contribution in [2.75, 3.05) is 33.3 Å². The maximum Gasteiger partial charge on any atom is 0.480 e. The zero-order valence-corrected chi connectivity index (χ0v) is 26.1. The van der Waals surface area contributed by atoms with Gasteiger partial charge in [-0.3, -0.25) is 0 Å². The van der Waals surface area contributed by atoms with Crippen LogP contribution in [0.4, 0.5) is 31.1 Å². The third-order valence-corrected chi connectivity index (χ3v) is 9.48. The summed E-state index contributed by atoms with van der Waals surface area (Å²) in [4.78, 5) is 12.2. The van der Waals surface area contributed by atoms with Crippen LogP contribution in [-0.4, -0.2) is 71.7 Å². The Hall–Kier alpha value is -2.37. The SMILES string of the molecule is C=C(C)c1cccc(C(C)(C)NC(=O)OCCCCCC[N+]2(C)CCCC2)c1.O=S(=O)([N-]S(=O)(=O)C(F)(F)F)C(F)(F)F. The van der Waals surface area contributed by atoms with Crippen LogP contribution in [0.1, 0.15) is 70.4 Å². The number of carbonyl (C=O) groups is 1. The van der Waals surface area contributed by atoms with E-state index in [1.807, 2.05) is 39.0 Å². The number of ether oxygens (including phenoxy) is 1. The van der Waals surface area contributed by atoms with Gasteiger partial charge in [-0.05, 0) is 63.6 Å². The van der Waals surface area contributed by atoms with Crippen LogP contribution in [0.5, 0.6) is 0 Å². The molecule has 9 nitrogen and oxygen atoms in total. The number of hydrogen-bond acceptors (Lipinski definition) is 6. The number of amides is 1. The third-order valence-electron chi connectivity index (χ3n) is 6.74. The highest BCUT2D eigenvalue weighted by Gasteiger charge is 2.47. The number of unbranched alkanes of at least 4 members (excludes halogenated alkanes) is 3. The highest BCUT2D eigenvalue weighted by atomic mass is 32.3. The molecule has 1 heterocycles. The van der Waals surface area contributed by atoms with Crippen LogP contribution in [0.2, 0.25) is 0 Å². The molecule has 0 bridgehead atoms. The summed E-state index contributed by atoms with van der Waals surface area (Å²) in [5, 5.41) is 2.99. The summed E-state index contributed by atoms with van der Waals surface area (Å²) >= 11 is 0. The second-order valence-electron chi connectivity index (χ2n) is 11.1. The lowest BCUT2D eigenvalue weighted by Crippen LogP contribution is -2.41. The Morgan fingerprint density at radius 1 is 0.953 bits per heavy atom. The molecule has 43 heavy (non-hydrogen) atoms. The van der Waals surface area contributed by atoms with Crippen molar-refractivity contribution in [3.63, 3.8) is 0 Å². The number of allylic oxidation sites excluding steroid dienone is 1. The zero-order valence-electron chi connectivity index (χ0n) is 24.5. The van der Waals surface area contributed by atoms with Crippen LogP contribution in [0.25, 0.3) is 9.70 Å². The molecule has 0 saturated carbocycles. The molecule has 1 aliphatic rings. The van der Waals surface area contributed by atoms with Crippen LogP contribution in [-0.2, 0) is 30.3 Å². The van der Waals surface area contributed by atoms with E-state index in [-0.39, 0.29) is 6.09 Å². The largest absolute Gasteiger partial charge is 0.480 e. The van der Waals surface area contributed by atoms with Crippen LogP contribution < -0.4 is 5.32 Å². The van der Waals surface area contributed by atoms with Gasteiger partial charge < -0.3 is 18.7 Å². The van der Waals surface area contributed by atoms with Crippen molar-refractivity contribution in [2.45, 2.75) is 75.9 Å². The lowest BCUT2D eigenvalue weighted by Gasteiger charge is -2.29. The number of alkyl halides is 6. The molecule has 1 aromatic carbocycles. The van der Waals surface area contributed by atoms with Gasteiger partial charge in [0.1, 0.15) is 0 Å². The monoisotopic (exact) mass is 667 g/mol. The number of sulfonamides is 2. The van der Waals surface area contributed by atoms with Gasteiger partial charge in [-0.15, -0.1) is 0 Å². The summed E-state index contributed by atoms with van der Waals surface area (Å²) in [6, 6.07) is 8.13. The molecule has 17 heteroatoms. The molecule has 1 N–H and O–H groups in total. The maximum absolute atomic E-state index is 12.2. The molecule has 0 radical (unpaired) electrons. The van der Waals surface area contributed by atoms with E-state index in [4.69, 9.17) is 4.74 Å². The minimum absolute atomic E-state index is 0.346. The minimum Gasteiger partial charge on any atom is -0.450 e. The summed E-state index contributed by atoms with van der Waals surface area (Å²) < 4.78 is 116. The molecule has 1 amide bonds. The van der Waals surface area contributed by atoms with Gasteiger partial charge in [0, 0.05) is 12.8 Å². The smallest absolute Gasteiger partial charge is 0.450 e. The number of alkyl carbamates (subject to hydrolysis) is 1. The van der Waals surface area contributed by atoms with Gasteiger partial charge in [0.25, 0.3) is 0 Å². The van der Waals surface area contributed by atoms with E-state index in [1.54, 1.807) is 0 Å². The van der Waals surface area contributed by atoms with Crippen LogP contribution >= 0.6 is 0 Å². The highest BCUT2D eigenvalue weighted by molar-refractivity contribution is 8.13. The van der Waals surface area contributed by atoms with Crippen LogP contribution in [0, 0.1) is 0 Å². The molecule has 0 spiro atoms. The first-order valence-corrected chi connectivity index (χ1v) is 16.2. The van der Waals surface area contributed by atoms with Gasteiger partial charge in [0.05, 0.1) is 38.8 Å². The number of benzene rings is 1. The summed E-state index contributed by atoms with van der Waals surface area (Å²) in [6.45, 7) is 14.4. The second kappa shape index (κ2) is 15.1. The number of carbonyl (C=O) groups excluding carboxylic acids is 1. The van der Waals surface area contributed by atoms with Crippen LogP contribution in [0.3, 0.4) is 0 Å². The van der Waals surface area contributed by atoms with Gasteiger partial charge in [0.15, 0.2) is 20.0 Å². The first-order chi connectivity index (χ1) is 19.4. The fraction of sp³-hybridized carbons (Fsp3) is 0.654. The summed E-state index contributed by atoms with van der Waals surface area (Å²) in [7, 11) is -11.1. The summed E-state index contributed by atoms with van der Waals surface area (Å²) in [5.41, 5.74) is -9.75. The van der Waals surface area contributed by atoms with Crippen LogP contribution in [0.15, 0.2) is 30.8 Å². The first kappa shape index (κ1) is 38.7. The van der Waals surface area contributed by atoms with E-state index in [1.165, 1.54) is 49.8 Å². The van der Waals surface area contributed by atoms with Gasteiger partial charge in [-0.2, -0.15) is 26.3 Å². The molecule has 1 fully saturated rings. The molecule has 0 aromatic heterocycles. The first-order valence-electron chi connectivity index (χ1n) is 13.3. The van der Waals surface area contributed by atoms with Crippen molar-refractivity contribution < 1.29 is 57.2 Å². The van der Waals surface area contributed by atoms with Crippen molar-refractivity contribution in [2.24, 2.45) is 0 Å². The molecule has 2 rings (SSSR count). The predicted octanol–water partition coefficient (Wildman–Crippen LogP) is 6.54. The molecular weight excluding hydrogens is 628 g/mol. The number of halogens is 6. The summed E-state index contributed by atoms with van der Waals surface area (Å²) in [6.07, 6.45) is 6.97. The number of rotatable bonds is 12. The van der Waals surface area contributed by atoms with Crippen molar-refractivity contribution in [1.82, 2.24) is 5.32 Å². The average molecular weight is 668 g/mol. The Bertz CT molecular complexity index is 1270. The molecule has 248 valence electrons.